The second-order valence-corrected chi connectivity index (χ2v) is 9.25. The van der Waals surface area contributed by atoms with Gasteiger partial charge in [0.15, 0.2) is 0 Å². The molecule has 2 amide bonds. The first-order valence-corrected chi connectivity index (χ1v) is 12.0. The molecule has 0 radical (unpaired) electrons. The van der Waals surface area contributed by atoms with Crippen molar-refractivity contribution < 1.29 is 19.4 Å². The van der Waals surface area contributed by atoms with Gasteiger partial charge in [0.1, 0.15) is 11.7 Å². The Bertz CT molecular complexity index is 1190. The highest BCUT2D eigenvalue weighted by molar-refractivity contribution is 5.98. The summed E-state index contributed by atoms with van der Waals surface area (Å²) in [7, 11) is 1.74. The van der Waals surface area contributed by atoms with Crippen LogP contribution in [0.4, 0.5) is 0 Å². The Hall–Kier alpha value is -3.85. The SMILES string of the molecule is C[C@H](CO)N1C[C@H](C)[C@H](CN(C)C(=O)Cc2cccnc2)Oc2ncc(-c3cccnc3)cc2C1=O. The second kappa shape index (κ2) is 11.3. The maximum Gasteiger partial charge on any atom is 0.259 e. The lowest BCUT2D eigenvalue weighted by Gasteiger charge is -2.37. The zero-order valence-corrected chi connectivity index (χ0v) is 20.7. The van der Waals surface area contributed by atoms with Gasteiger partial charge in [0, 0.05) is 61.6 Å². The van der Waals surface area contributed by atoms with Crippen LogP contribution in [0.15, 0.2) is 61.3 Å². The van der Waals surface area contributed by atoms with Gasteiger partial charge in [-0.05, 0) is 30.7 Å². The highest BCUT2D eigenvalue weighted by atomic mass is 16.5. The monoisotopic (exact) mass is 489 g/mol. The maximum absolute atomic E-state index is 13.6. The number of aliphatic hydroxyl groups is 1. The van der Waals surface area contributed by atoms with E-state index in [9.17, 15) is 14.7 Å². The fraction of sp³-hybridized carbons (Fsp3) is 0.370. The highest BCUT2D eigenvalue weighted by Gasteiger charge is 2.34. The molecule has 0 fully saturated rings. The average molecular weight is 490 g/mol. The number of likely N-dealkylation sites (N-methyl/N-ethyl adjacent to an activating group) is 1. The van der Waals surface area contributed by atoms with Crippen molar-refractivity contribution in [1.82, 2.24) is 24.8 Å². The normalized spacial score (nSPS) is 18.4. The van der Waals surface area contributed by atoms with Crippen molar-refractivity contribution in [3.8, 4) is 17.0 Å². The van der Waals surface area contributed by atoms with Gasteiger partial charge < -0.3 is 19.6 Å². The van der Waals surface area contributed by atoms with E-state index in [-0.39, 0.29) is 36.6 Å². The molecule has 3 atom stereocenters. The number of carbonyl (C=O) groups excluding carboxylic acids is 2. The van der Waals surface area contributed by atoms with Crippen LogP contribution in [0.1, 0.15) is 29.8 Å². The van der Waals surface area contributed by atoms with Crippen LogP contribution < -0.4 is 4.74 Å². The number of carbonyl (C=O) groups is 2. The number of fused-ring (bicyclic) bond motifs is 1. The van der Waals surface area contributed by atoms with Crippen molar-refractivity contribution >= 4 is 11.8 Å². The first-order chi connectivity index (χ1) is 17.4. The van der Waals surface area contributed by atoms with E-state index in [0.717, 1.165) is 16.7 Å². The number of hydrogen-bond donors (Lipinski definition) is 1. The molecule has 9 heteroatoms. The molecule has 0 bridgehead atoms. The van der Waals surface area contributed by atoms with Gasteiger partial charge in [-0.2, -0.15) is 0 Å². The lowest BCUT2D eigenvalue weighted by molar-refractivity contribution is -0.130. The van der Waals surface area contributed by atoms with Crippen molar-refractivity contribution in [1.29, 1.82) is 0 Å². The van der Waals surface area contributed by atoms with Crippen LogP contribution in [0, 0.1) is 5.92 Å². The standard InChI is InChI=1S/C27H31N5O4/c1-18-15-32(19(2)17-33)27(35)23-11-22(21-7-5-9-29-13-21)14-30-26(23)36-24(18)16-31(3)25(34)10-20-6-4-8-28-12-20/h4-9,11-14,18-19,24,33H,10,15-17H2,1-3H3/t18-,19+,24-/m0/s1. The first kappa shape index (κ1) is 25.2. The summed E-state index contributed by atoms with van der Waals surface area (Å²) >= 11 is 0. The van der Waals surface area contributed by atoms with E-state index in [2.05, 4.69) is 15.0 Å². The van der Waals surface area contributed by atoms with Crippen molar-refractivity contribution in [3.05, 3.63) is 72.4 Å². The molecular formula is C27H31N5O4. The molecule has 0 aromatic carbocycles. The van der Waals surface area contributed by atoms with Gasteiger partial charge in [-0.1, -0.05) is 19.1 Å². The fourth-order valence-corrected chi connectivity index (χ4v) is 4.20. The fourth-order valence-electron chi connectivity index (χ4n) is 4.20. The largest absolute Gasteiger partial charge is 0.472 e. The summed E-state index contributed by atoms with van der Waals surface area (Å²) in [6.45, 7) is 4.30. The molecule has 9 nitrogen and oxygen atoms in total. The minimum Gasteiger partial charge on any atom is -0.472 e. The van der Waals surface area contributed by atoms with Crippen molar-refractivity contribution in [2.75, 3.05) is 26.7 Å². The molecule has 3 aromatic heterocycles. The molecule has 0 saturated heterocycles. The Kier molecular flexibility index (Phi) is 7.90. The van der Waals surface area contributed by atoms with Crippen molar-refractivity contribution in [2.24, 2.45) is 5.92 Å². The van der Waals surface area contributed by atoms with E-state index in [1.807, 2.05) is 32.0 Å². The first-order valence-electron chi connectivity index (χ1n) is 12.0. The number of aromatic nitrogens is 3. The summed E-state index contributed by atoms with van der Waals surface area (Å²) in [5, 5.41) is 9.85. The Morgan fingerprint density at radius 1 is 1.19 bits per heavy atom. The summed E-state index contributed by atoms with van der Waals surface area (Å²) in [4.78, 5) is 42.5. The predicted molar refractivity (Wildman–Crippen MR) is 134 cm³/mol. The molecule has 0 spiro atoms. The zero-order valence-electron chi connectivity index (χ0n) is 20.7. The topological polar surface area (TPSA) is 109 Å². The number of pyridine rings is 3. The van der Waals surface area contributed by atoms with Crippen LogP contribution in [-0.4, -0.2) is 80.6 Å². The Labute approximate surface area is 210 Å². The molecule has 1 N–H and O–H groups in total. The number of amides is 2. The van der Waals surface area contributed by atoms with Crippen LogP contribution in [0.25, 0.3) is 11.1 Å². The van der Waals surface area contributed by atoms with Crippen LogP contribution in [0.5, 0.6) is 5.88 Å². The molecule has 1 aliphatic rings. The maximum atomic E-state index is 13.6. The molecule has 4 heterocycles. The minimum absolute atomic E-state index is 0.0578. The van der Waals surface area contributed by atoms with Gasteiger partial charge in [0.2, 0.25) is 11.8 Å². The third kappa shape index (κ3) is 5.68. The summed E-state index contributed by atoms with van der Waals surface area (Å²) < 4.78 is 6.30. The molecule has 0 unspecified atom stereocenters. The van der Waals surface area contributed by atoms with Gasteiger partial charge in [0.25, 0.3) is 5.91 Å². The van der Waals surface area contributed by atoms with Crippen LogP contribution in [0.3, 0.4) is 0 Å². The molecule has 188 valence electrons. The number of aliphatic hydroxyl groups excluding tert-OH is 1. The van der Waals surface area contributed by atoms with E-state index in [1.165, 1.54) is 0 Å². The average Bonchev–Trinajstić information content (AvgIpc) is 2.91. The highest BCUT2D eigenvalue weighted by Crippen LogP contribution is 2.30. The molecule has 0 saturated carbocycles. The minimum atomic E-state index is -0.412. The smallest absolute Gasteiger partial charge is 0.259 e. The molecule has 3 aromatic rings. The Balaban J connectivity index is 1.62. The summed E-state index contributed by atoms with van der Waals surface area (Å²) in [6, 6.07) is 8.75. The van der Waals surface area contributed by atoms with Gasteiger partial charge in [-0.3, -0.25) is 19.6 Å². The summed E-state index contributed by atoms with van der Waals surface area (Å²) in [5.41, 5.74) is 2.72. The summed E-state index contributed by atoms with van der Waals surface area (Å²) in [6.07, 6.45) is 8.22. The zero-order chi connectivity index (χ0) is 25.7. The number of hydrogen-bond acceptors (Lipinski definition) is 7. The third-order valence-electron chi connectivity index (χ3n) is 6.47. The molecule has 36 heavy (non-hydrogen) atoms. The lowest BCUT2D eigenvalue weighted by atomic mass is 9.99. The van der Waals surface area contributed by atoms with Crippen LogP contribution >= 0.6 is 0 Å². The van der Waals surface area contributed by atoms with Crippen molar-refractivity contribution in [2.45, 2.75) is 32.4 Å². The molecule has 1 aliphatic heterocycles. The quantitative estimate of drug-likeness (QED) is 0.543. The van der Waals surface area contributed by atoms with Crippen LogP contribution in [0.2, 0.25) is 0 Å². The summed E-state index contributed by atoms with van der Waals surface area (Å²) in [5.74, 6) is -0.217. The van der Waals surface area contributed by atoms with E-state index in [1.54, 1.807) is 60.0 Å². The molecular weight excluding hydrogens is 458 g/mol. The van der Waals surface area contributed by atoms with Gasteiger partial charge in [-0.25, -0.2) is 4.98 Å². The van der Waals surface area contributed by atoms with E-state index < -0.39 is 12.1 Å². The van der Waals surface area contributed by atoms with Crippen molar-refractivity contribution in [3.63, 3.8) is 0 Å². The predicted octanol–water partition coefficient (Wildman–Crippen LogP) is 2.46. The van der Waals surface area contributed by atoms with E-state index in [4.69, 9.17) is 4.74 Å². The van der Waals surface area contributed by atoms with Gasteiger partial charge in [-0.15, -0.1) is 0 Å². The second-order valence-electron chi connectivity index (χ2n) is 9.25. The number of ether oxygens (including phenoxy) is 1. The van der Waals surface area contributed by atoms with E-state index >= 15 is 0 Å². The third-order valence-corrected chi connectivity index (χ3v) is 6.47. The van der Waals surface area contributed by atoms with E-state index in [0.29, 0.717) is 18.7 Å². The van der Waals surface area contributed by atoms with Crippen LogP contribution in [-0.2, 0) is 11.2 Å². The molecule has 4 rings (SSSR count). The van der Waals surface area contributed by atoms with Gasteiger partial charge in [0.05, 0.1) is 25.6 Å². The number of rotatable bonds is 7. The Morgan fingerprint density at radius 3 is 2.61 bits per heavy atom. The lowest BCUT2D eigenvalue weighted by Crippen LogP contribution is -2.50. The Morgan fingerprint density at radius 2 is 1.94 bits per heavy atom. The van der Waals surface area contributed by atoms with Gasteiger partial charge >= 0.3 is 0 Å². The molecule has 0 aliphatic carbocycles. The number of nitrogens with zero attached hydrogens (tertiary/aromatic N) is 5.